The summed E-state index contributed by atoms with van der Waals surface area (Å²) in [4.78, 5) is 23.6. The zero-order valence-corrected chi connectivity index (χ0v) is 12.9. The van der Waals surface area contributed by atoms with Crippen LogP contribution in [0.5, 0.6) is 0 Å². The third-order valence-corrected chi connectivity index (χ3v) is 3.90. The number of Topliss-reactive ketones (excluding diaryl/α,β-unsaturated/α-hetero) is 1. The molecule has 4 heteroatoms. The second-order valence-corrected chi connectivity index (χ2v) is 6.06. The number of benzene rings is 1. The van der Waals surface area contributed by atoms with Crippen LogP contribution in [-0.2, 0) is 4.79 Å². The lowest BCUT2D eigenvalue weighted by atomic mass is 9.91. The maximum atomic E-state index is 12.8. The maximum Gasteiger partial charge on any atom is 0.303 e. The minimum absolute atomic E-state index is 0.0140. The van der Waals surface area contributed by atoms with Gasteiger partial charge in [0.25, 0.3) is 0 Å². The van der Waals surface area contributed by atoms with Crippen molar-refractivity contribution in [2.75, 3.05) is 0 Å². The fourth-order valence-electron chi connectivity index (χ4n) is 2.84. The Morgan fingerprint density at radius 2 is 1.81 bits per heavy atom. The molecule has 1 aromatic rings. The quantitative estimate of drug-likeness (QED) is 0.757. The molecule has 21 heavy (non-hydrogen) atoms. The molecular formula is C17H23NO3. The van der Waals surface area contributed by atoms with Gasteiger partial charge < -0.3 is 10.4 Å². The Hall–Kier alpha value is -1.68. The molecule has 1 aliphatic rings. The van der Waals surface area contributed by atoms with Gasteiger partial charge in [0.15, 0.2) is 5.78 Å². The normalized spacial score (nSPS) is 15.8. The molecule has 1 aromatic carbocycles. The Morgan fingerprint density at radius 1 is 1.24 bits per heavy atom. The van der Waals surface area contributed by atoms with Crippen molar-refractivity contribution in [1.82, 2.24) is 5.32 Å². The van der Waals surface area contributed by atoms with E-state index in [1.807, 2.05) is 32.9 Å². The number of hydrogen-bond acceptors (Lipinski definition) is 3. The monoisotopic (exact) mass is 289 g/mol. The van der Waals surface area contributed by atoms with Gasteiger partial charge in [-0.15, -0.1) is 0 Å². The number of ketones is 1. The van der Waals surface area contributed by atoms with Crippen LogP contribution in [-0.4, -0.2) is 28.9 Å². The molecule has 0 aromatic heterocycles. The van der Waals surface area contributed by atoms with Gasteiger partial charge in [-0.25, -0.2) is 0 Å². The summed E-state index contributed by atoms with van der Waals surface area (Å²) in [5.41, 5.74) is 3.81. The van der Waals surface area contributed by atoms with Crippen LogP contribution >= 0.6 is 0 Å². The van der Waals surface area contributed by atoms with Crippen molar-refractivity contribution in [2.45, 2.75) is 58.5 Å². The number of carbonyl (C=O) groups is 2. The van der Waals surface area contributed by atoms with Gasteiger partial charge in [0.05, 0.1) is 6.04 Å². The number of carboxylic acid groups (broad SMARTS) is 1. The van der Waals surface area contributed by atoms with E-state index < -0.39 is 12.0 Å². The highest BCUT2D eigenvalue weighted by atomic mass is 16.4. The van der Waals surface area contributed by atoms with Crippen LogP contribution in [0.4, 0.5) is 0 Å². The summed E-state index contributed by atoms with van der Waals surface area (Å²) in [5, 5.41) is 12.2. The van der Waals surface area contributed by atoms with E-state index in [-0.39, 0.29) is 12.2 Å². The van der Waals surface area contributed by atoms with E-state index in [1.165, 1.54) is 0 Å². The van der Waals surface area contributed by atoms with Crippen LogP contribution < -0.4 is 5.32 Å². The summed E-state index contributed by atoms with van der Waals surface area (Å²) < 4.78 is 0. The molecule has 0 spiro atoms. The predicted octanol–water partition coefficient (Wildman–Crippen LogP) is 2.78. The van der Waals surface area contributed by atoms with E-state index in [0.29, 0.717) is 12.5 Å². The van der Waals surface area contributed by atoms with Gasteiger partial charge in [-0.2, -0.15) is 0 Å². The van der Waals surface area contributed by atoms with Crippen molar-refractivity contribution in [2.24, 2.45) is 0 Å². The Bertz CT molecular complexity index is 538. The lowest BCUT2D eigenvalue weighted by Gasteiger charge is -2.19. The van der Waals surface area contributed by atoms with Crippen molar-refractivity contribution in [3.8, 4) is 0 Å². The molecule has 2 N–H and O–H groups in total. The van der Waals surface area contributed by atoms with Gasteiger partial charge in [-0.1, -0.05) is 17.7 Å². The second kappa shape index (κ2) is 6.39. The molecule has 0 amide bonds. The van der Waals surface area contributed by atoms with Crippen LogP contribution in [0.25, 0.3) is 0 Å². The first-order valence-electron chi connectivity index (χ1n) is 7.48. The van der Waals surface area contributed by atoms with Crippen molar-refractivity contribution < 1.29 is 14.7 Å². The summed E-state index contributed by atoms with van der Waals surface area (Å²) >= 11 is 0. The standard InChI is InChI=1S/C17H23NO3/c1-10-8-11(2)16(12(3)9-10)17(21)14(6-7-15(19)20)18-13-4-5-13/h8-9,13-14,18H,4-7H2,1-3H3,(H,19,20). The highest BCUT2D eigenvalue weighted by Gasteiger charge is 2.30. The van der Waals surface area contributed by atoms with E-state index in [4.69, 9.17) is 5.11 Å². The smallest absolute Gasteiger partial charge is 0.303 e. The minimum Gasteiger partial charge on any atom is -0.481 e. The van der Waals surface area contributed by atoms with Crippen LogP contribution in [0, 0.1) is 20.8 Å². The lowest BCUT2D eigenvalue weighted by molar-refractivity contribution is -0.137. The van der Waals surface area contributed by atoms with Crippen molar-refractivity contribution in [1.29, 1.82) is 0 Å². The maximum absolute atomic E-state index is 12.8. The topological polar surface area (TPSA) is 66.4 Å². The average Bonchev–Trinajstić information content (AvgIpc) is 3.16. The van der Waals surface area contributed by atoms with Crippen molar-refractivity contribution in [3.63, 3.8) is 0 Å². The summed E-state index contributed by atoms with van der Waals surface area (Å²) in [6.07, 6.45) is 2.50. The fourth-order valence-corrected chi connectivity index (χ4v) is 2.84. The van der Waals surface area contributed by atoms with Gasteiger partial charge >= 0.3 is 5.97 Å². The third kappa shape index (κ3) is 4.14. The molecule has 0 saturated heterocycles. The van der Waals surface area contributed by atoms with Crippen LogP contribution in [0.2, 0.25) is 0 Å². The molecule has 1 atom stereocenters. The van der Waals surface area contributed by atoms with E-state index >= 15 is 0 Å². The van der Waals surface area contributed by atoms with Gasteiger partial charge in [0.2, 0.25) is 0 Å². The van der Waals surface area contributed by atoms with Gasteiger partial charge in [0, 0.05) is 18.0 Å². The number of hydrogen-bond donors (Lipinski definition) is 2. The highest BCUT2D eigenvalue weighted by Crippen LogP contribution is 2.24. The van der Waals surface area contributed by atoms with Gasteiger partial charge in [-0.3, -0.25) is 9.59 Å². The molecule has 1 saturated carbocycles. The van der Waals surface area contributed by atoms with E-state index in [2.05, 4.69) is 5.32 Å². The molecular weight excluding hydrogens is 266 g/mol. The molecule has 0 bridgehead atoms. The number of carboxylic acids is 1. The van der Waals surface area contributed by atoms with Crippen molar-refractivity contribution in [3.05, 3.63) is 34.4 Å². The molecule has 0 aliphatic heterocycles. The second-order valence-electron chi connectivity index (χ2n) is 6.06. The van der Waals surface area contributed by atoms with E-state index in [0.717, 1.165) is 35.1 Å². The first-order chi connectivity index (χ1) is 9.88. The van der Waals surface area contributed by atoms with Crippen LogP contribution in [0.3, 0.4) is 0 Å². The molecule has 114 valence electrons. The van der Waals surface area contributed by atoms with Gasteiger partial charge in [-0.05, 0) is 51.2 Å². The van der Waals surface area contributed by atoms with Crippen LogP contribution in [0.15, 0.2) is 12.1 Å². The van der Waals surface area contributed by atoms with Crippen molar-refractivity contribution >= 4 is 11.8 Å². The molecule has 4 nitrogen and oxygen atoms in total. The first kappa shape index (κ1) is 15.7. The molecule has 0 heterocycles. The van der Waals surface area contributed by atoms with Gasteiger partial charge in [0.1, 0.15) is 0 Å². The molecule has 1 unspecified atom stereocenters. The highest BCUT2D eigenvalue weighted by molar-refractivity contribution is 6.02. The molecule has 1 aliphatic carbocycles. The predicted molar refractivity (Wildman–Crippen MR) is 81.8 cm³/mol. The largest absolute Gasteiger partial charge is 0.481 e. The lowest BCUT2D eigenvalue weighted by Crippen LogP contribution is -2.39. The van der Waals surface area contributed by atoms with Crippen LogP contribution in [0.1, 0.15) is 52.7 Å². The number of nitrogens with one attached hydrogen (secondary N) is 1. The Morgan fingerprint density at radius 3 is 2.29 bits per heavy atom. The summed E-state index contributed by atoms with van der Waals surface area (Å²) in [5.74, 6) is -0.833. The zero-order chi connectivity index (χ0) is 15.6. The number of rotatable bonds is 7. The summed E-state index contributed by atoms with van der Waals surface area (Å²) in [6.45, 7) is 5.90. The average molecular weight is 289 g/mol. The third-order valence-electron chi connectivity index (χ3n) is 3.90. The summed E-state index contributed by atoms with van der Waals surface area (Å²) in [6, 6.07) is 3.99. The summed E-state index contributed by atoms with van der Waals surface area (Å²) in [7, 11) is 0. The Balaban J connectivity index is 2.22. The van der Waals surface area contributed by atoms with E-state index in [9.17, 15) is 9.59 Å². The number of aliphatic carboxylic acids is 1. The molecule has 0 radical (unpaired) electrons. The zero-order valence-electron chi connectivity index (χ0n) is 12.9. The Kier molecular flexibility index (Phi) is 4.78. The SMILES string of the molecule is Cc1cc(C)c(C(=O)C(CCC(=O)O)NC2CC2)c(C)c1. The molecule has 1 fully saturated rings. The minimum atomic E-state index is -0.859. The fraction of sp³-hybridized carbons (Fsp3) is 0.529. The first-order valence-corrected chi connectivity index (χ1v) is 7.48. The number of aryl methyl sites for hydroxylation is 3. The molecule has 2 rings (SSSR count). The van der Waals surface area contributed by atoms with E-state index in [1.54, 1.807) is 0 Å². The Labute approximate surface area is 125 Å². The number of carbonyl (C=O) groups excluding carboxylic acids is 1.